The summed E-state index contributed by atoms with van der Waals surface area (Å²) in [5.41, 5.74) is 2.71. The van der Waals surface area contributed by atoms with E-state index in [0.717, 1.165) is 17.0 Å². The molecule has 0 spiro atoms. The molecule has 1 N–H and O–H groups in total. The van der Waals surface area contributed by atoms with E-state index in [1.807, 2.05) is 68.4 Å². The van der Waals surface area contributed by atoms with Gasteiger partial charge in [-0.05, 0) is 61.9 Å². The number of rotatable bonds is 7. The highest BCUT2D eigenvalue weighted by Gasteiger charge is 2.33. The van der Waals surface area contributed by atoms with Crippen LogP contribution in [-0.4, -0.2) is 43.4 Å². The standard InChI is InChI=1S/C24H26N2O4S/c1-5-29-19-13-9-17(10-14-19)25-23-21(24(28)30-6-2)22(27)20(31-23)15-16-7-11-18(12-8-16)26(3)4/h7-15,27H,5-6H2,1-4H3. The Morgan fingerprint density at radius 2 is 1.74 bits per heavy atom. The fraction of sp³-hybridized carbons (Fsp3) is 0.250. The Balaban J connectivity index is 1.95. The topological polar surface area (TPSA) is 71.4 Å². The van der Waals surface area contributed by atoms with Gasteiger partial charge in [0.25, 0.3) is 0 Å². The average molecular weight is 439 g/mol. The van der Waals surface area contributed by atoms with Crippen molar-refractivity contribution in [1.82, 2.24) is 0 Å². The number of thioether (sulfide) groups is 1. The predicted molar refractivity (Wildman–Crippen MR) is 127 cm³/mol. The smallest absolute Gasteiger partial charge is 0.344 e. The SMILES string of the molecule is CCOC(=O)C1=C(O)C(=Cc2ccc(N(C)C)cc2)SC1=Nc1ccc(OCC)cc1. The fourth-order valence-electron chi connectivity index (χ4n) is 2.91. The number of nitrogens with zero attached hydrogens (tertiary/aromatic N) is 2. The van der Waals surface area contributed by atoms with Gasteiger partial charge in [0, 0.05) is 19.8 Å². The Labute approximate surface area is 186 Å². The van der Waals surface area contributed by atoms with Gasteiger partial charge in [-0.1, -0.05) is 23.9 Å². The van der Waals surface area contributed by atoms with Crippen molar-refractivity contribution in [2.45, 2.75) is 13.8 Å². The maximum Gasteiger partial charge on any atom is 0.344 e. The Kier molecular flexibility index (Phi) is 7.41. The molecule has 0 atom stereocenters. The molecule has 0 saturated carbocycles. The quantitative estimate of drug-likeness (QED) is 0.588. The zero-order valence-electron chi connectivity index (χ0n) is 18.1. The Morgan fingerprint density at radius 3 is 2.32 bits per heavy atom. The third-order valence-corrected chi connectivity index (χ3v) is 5.48. The predicted octanol–water partition coefficient (Wildman–Crippen LogP) is 5.34. The summed E-state index contributed by atoms with van der Waals surface area (Å²) in [4.78, 5) is 19.7. The van der Waals surface area contributed by atoms with Crippen molar-refractivity contribution < 1.29 is 19.4 Å². The second-order valence-electron chi connectivity index (χ2n) is 6.88. The minimum Gasteiger partial charge on any atom is -0.506 e. The van der Waals surface area contributed by atoms with Gasteiger partial charge in [-0.25, -0.2) is 9.79 Å². The lowest BCUT2D eigenvalue weighted by molar-refractivity contribution is -0.138. The van der Waals surface area contributed by atoms with Crippen LogP contribution in [0.5, 0.6) is 5.75 Å². The number of aliphatic imine (C=N–C) groups is 1. The van der Waals surface area contributed by atoms with E-state index in [0.29, 0.717) is 22.2 Å². The number of hydrogen-bond acceptors (Lipinski definition) is 7. The lowest BCUT2D eigenvalue weighted by Crippen LogP contribution is -2.12. The summed E-state index contributed by atoms with van der Waals surface area (Å²) >= 11 is 1.24. The molecule has 2 aromatic rings. The maximum atomic E-state index is 12.5. The number of aliphatic hydroxyl groups excluding tert-OH is 1. The van der Waals surface area contributed by atoms with Crippen molar-refractivity contribution in [2.24, 2.45) is 4.99 Å². The van der Waals surface area contributed by atoms with Crippen LogP contribution in [-0.2, 0) is 9.53 Å². The van der Waals surface area contributed by atoms with Gasteiger partial charge in [-0.2, -0.15) is 0 Å². The van der Waals surface area contributed by atoms with Gasteiger partial charge in [0.15, 0.2) is 0 Å². The average Bonchev–Trinajstić information content (AvgIpc) is 3.05. The third-order valence-electron chi connectivity index (χ3n) is 4.46. The molecule has 3 rings (SSSR count). The van der Waals surface area contributed by atoms with Crippen molar-refractivity contribution in [3.63, 3.8) is 0 Å². The first kappa shape index (κ1) is 22.5. The molecule has 0 aromatic heterocycles. The fourth-order valence-corrected chi connectivity index (χ4v) is 3.95. The third kappa shape index (κ3) is 5.49. The highest BCUT2D eigenvalue weighted by Crippen LogP contribution is 2.40. The van der Waals surface area contributed by atoms with E-state index in [1.54, 1.807) is 19.1 Å². The normalized spacial score (nSPS) is 16.1. The van der Waals surface area contributed by atoms with Gasteiger partial charge in [0.05, 0.1) is 23.8 Å². The molecule has 0 bridgehead atoms. The lowest BCUT2D eigenvalue weighted by Gasteiger charge is -2.11. The van der Waals surface area contributed by atoms with Crippen LogP contribution in [0.3, 0.4) is 0 Å². The molecule has 6 nitrogen and oxygen atoms in total. The number of aliphatic hydroxyl groups is 1. The first-order valence-corrected chi connectivity index (χ1v) is 10.8. The molecule has 0 saturated heterocycles. The molecule has 0 radical (unpaired) electrons. The summed E-state index contributed by atoms with van der Waals surface area (Å²) in [6.45, 7) is 4.44. The second-order valence-corrected chi connectivity index (χ2v) is 7.92. The first-order valence-electron chi connectivity index (χ1n) is 10.0. The maximum absolute atomic E-state index is 12.5. The number of hydrogen-bond donors (Lipinski definition) is 1. The summed E-state index contributed by atoms with van der Waals surface area (Å²) in [7, 11) is 3.95. The summed E-state index contributed by atoms with van der Waals surface area (Å²) in [6.07, 6.45) is 1.83. The number of anilines is 1. The molecular weight excluding hydrogens is 412 g/mol. The molecule has 0 aliphatic carbocycles. The van der Waals surface area contributed by atoms with Gasteiger partial charge < -0.3 is 19.5 Å². The van der Waals surface area contributed by atoms with Crippen LogP contribution in [0.2, 0.25) is 0 Å². The van der Waals surface area contributed by atoms with Crippen LogP contribution in [0, 0.1) is 0 Å². The van der Waals surface area contributed by atoms with E-state index < -0.39 is 5.97 Å². The number of benzene rings is 2. The molecule has 162 valence electrons. The van der Waals surface area contributed by atoms with Crippen molar-refractivity contribution in [2.75, 3.05) is 32.2 Å². The van der Waals surface area contributed by atoms with E-state index in [4.69, 9.17) is 9.47 Å². The van der Waals surface area contributed by atoms with Gasteiger partial charge >= 0.3 is 5.97 Å². The number of ether oxygens (including phenoxy) is 2. The number of carbonyl (C=O) groups excluding carboxylic acids is 1. The van der Waals surface area contributed by atoms with Crippen molar-refractivity contribution in [1.29, 1.82) is 0 Å². The Hall–Kier alpha value is -3.19. The first-order chi connectivity index (χ1) is 14.9. The molecule has 31 heavy (non-hydrogen) atoms. The van der Waals surface area contributed by atoms with Crippen LogP contribution < -0.4 is 9.64 Å². The monoisotopic (exact) mass is 438 g/mol. The Bertz CT molecular complexity index is 1020. The molecule has 0 fully saturated rings. The molecule has 1 heterocycles. The van der Waals surface area contributed by atoms with E-state index in [9.17, 15) is 9.90 Å². The van der Waals surface area contributed by atoms with E-state index >= 15 is 0 Å². The molecule has 0 unspecified atom stereocenters. The minimum atomic E-state index is -0.594. The van der Waals surface area contributed by atoms with Gasteiger partial charge in [-0.3, -0.25) is 0 Å². The number of esters is 1. The van der Waals surface area contributed by atoms with E-state index in [2.05, 4.69) is 4.99 Å². The van der Waals surface area contributed by atoms with Crippen LogP contribution in [0.15, 0.2) is 69.8 Å². The molecule has 7 heteroatoms. The largest absolute Gasteiger partial charge is 0.506 e. The van der Waals surface area contributed by atoms with Crippen LogP contribution in [0.1, 0.15) is 19.4 Å². The molecule has 1 aliphatic rings. The highest BCUT2D eigenvalue weighted by atomic mass is 32.2. The molecule has 0 amide bonds. The summed E-state index contributed by atoms with van der Waals surface area (Å²) < 4.78 is 10.6. The summed E-state index contributed by atoms with van der Waals surface area (Å²) in [6, 6.07) is 15.2. The van der Waals surface area contributed by atoms with Crippen LogP contribution in [0.25, 0.3) is 6.08 Å². The summed E-state index contributed by atoms with van der Waals surface area (Å²) in [5.74, 6) is 0.0321. The van der Waals surface area contributed by atoms with Gasteiger partial charge in [0.2, 0.25) is 0 Å². The second kappa shape index (κ2) is 10.2. The van der Waals surface area contributed by atoms with Gasteiger partial charge in [-0.15, -0.1) is 0 Å². The zero-order chi connectivity index (χ0) is 22.4. The lowest BCUT2D eigenvalue weighted by atomic mass is 10.1. The summed E-state index contributed by atoms with van der Waals surface area (Å²) in [5, 5.41) is 11.2. The Morgan fingerprint density at radius 1 is 1.06 bits per heavy atom. The van der Waals surface area contributed by atoms with Crippen LogP contribution >= 0.6 is 11.8 Å². The van der Waals surface area contributed by atoms with E-state index in [-0.39, 0.29) is 17.9 Å². The number of carbonyl (C=O) groups is 1. The zero-order valence-corrected chi connectivity index (χ0v) is 18.9. The highest BCUT2D eigenvalue weighted by molar-refractivity contribution is 8.18. The molecule has 1 aliphatic heterocycles. The van der Waals surface area contributed by atoms with Crippen molar-refractivity contribution >= 4 is 40.2 Å². The van der Waals surface area contributed by atoms with Crippen molar-refractivity contribution in [3.8, 4) is 5.75 Å². The van der Waals surface area contributed by atoms with Crippen LogP contribution in [0.4, 0.5) is 11.4 Å². The minimum absolute atomic E-state index is 0.0805. The molecular formula is C24H26N2O4S. The van der Waals surface area contributed by atoms with Crippen molar-refractivity contribution in [3.05, 3.63) is 70.3 Å². The van der Waals surface area contributed by atoms with E-state index in [1.165, 1.54) is 11.8 Å². The molecule has 2 aromatic carbocycles. The van der Waals surface area contributed by atoms with Gasteiger partial charge in [0.1, 0.15) is 22.1 Å².